The smallest absolute Gasteiger partial charge is 0.336 e. The summed E-state index contributed by atoms with van der Waals surface area (Å²) >= 11 is 1.15. The van der Waals surface area contributed by atoms with Crippen molar-refractivity contribution < 1.29 is 44.0 Å². The molecule has 1 aliphatic heterocycles. The topological polar surface area (TPSA) is 191 Å². The maximum Gasteiger partial charge on any atom is 0.336 e. The molecule has 1 aliphatic rings. The molecule has 1 fully saturated rings. The van der Waals surface area contributed by atoms with Gasteiger partial charge in [-0.05, 0) is 63.8 Å². The van der Waals surface area contributed by atoms with Crippen LogP contribution in [0.1, 0.15) is 55.7 Å². The number of amides is 1. The van der Waals surface area contributed by atoms with Gasteiger partial charge in [0.25, 0.3) is 0 Å². The number of halogens is 1. The van der Waals surface area contributed by atoms with Crippen molar-refractivity contribution in [1.82, 2.24) is 9.88 Å². The van der Waals surface area contributed by atoms with Crippen LogP contribution in [0.4, 0.5) is 4.39 Å². The number of hydrogen-bond acceptors (Lipinski definition) is 8. The number of likely N-dealkylation sites (tertiary alicyclic amines) is 1. The van der Waals surface area contributed by atoms with Crippen molar-refractivity contribution in [3.8, 4) is 0 Å². The molecule has 3 rings (SSSR count). The zero-order chi connectivity index (χ0) is 29.6. The van der Waals surface area contributed by atoms with Gasteiger partial charge in [-0.15, -0.1) is 11.3 Å². The summed E-state index contributed by atoms with van der Waals surface area (Å²) in [4.78, 5) is 50.5. The lowest BCUT2D eigenvalue weighted by Gasteiger charge is -2.37. The van der Waals surface area contributed by atoms with E-state index in [1.165, 1.54) is 6.07 Å². The Bertz CT molecular complexity index is 1180. The normalized spacial score (nSPS) is 17.8. The van der Waals surface area contributed by atoms with Gasteiger partial charge >= 0.3 is 17.9 Å². The molecule has 13 heteroatoms. The molecule has 0 spiro atoms. The number of carbonyl (C=O) groups is 4. The van der Waals surface area contributed by atoms with Gasteiger partial charge in [0.2, 0.25) is 5.91 Å². The van der Waals surface area contributed by atoms with Crippen molar-refractivity contribution in [2.24, 2.45) is 11.1 Å². The van der Waals surface area contributed by atoms with Gasteiger partial charge in [0, 0.05) is 35.4 Å². The Morgan fingerprint density at radius 3 is 2.15 bits per heavy atom. The number of hydrogen-bond donors (Lipinski definition) is 5. The van der Waals surface area contributed by atoms with Crippen LogP contribution in [-0.2, 0) is 31.1 Å². The number of aliphatic hydroxyl groups is 1. The monoisotopic (exact) mass is 567 g/mol. The molecule has 0 aromatic carbocycles. The summed E-state index contributed by atoms with van der Waals surface area (Å²) < 4.78 is 13.2. The number of nitrogens with zero attached hydrogens (tertiary/aromatic N) is 2. The van der Waals surface area contributed by atoms with Crippen molar-refractivity contribution >= 4 is 35.2 Å². The number of carboxylic acids is 3. The Morgan fingerprint density at radius 1 is 1.10 bits per heavy atom. The Kier molecular flexibility index (Phi) is 10.3. The minimum Gasteiger partial charge on any atom is -0.481 e. The quantitative estimate of drug-likeness (QED) is 0.269. The highest BCUT2D eigenvalue weighted by Gasteiger charge is 2.47. The highest BCUT2D eigenvalue weighted by Crippen LogP contribution is 2.41. The number of pyridine rings is 1. The molecule has 6 N–H and O–H groups in total. The van der Waals surface area contributed by atoms with Crippen LogP contribution >= 0.6 is 11.3 Å². The van der Waals surface area contributed by atoms with Crippen molar-refractivity contribution in [1.29, 1.82) is 0 Å². The first-order valence-electron chi connectivity index (χ1n) is 12.1. The lowest BCUT2D eigenvalue weighted by molar-refractivity contribution is -0.170. The molecule has 1 atom stereocenters. The number of thiophene rings is 1. The second-order valence-electron chi connectivity index (χ2n) is 10.2. The van der Waals surface area contributed by atoms with Gasteiger partial charge < -0.3 is 26.2 Å². The van der Waals surface area contributed by atoms with Crippen LogP contribution in [0, 0.1) is 17.5 Å². The lowest BCUT2D eigenvalue weighted by atomic mass is 9.81. The van der Waals surface area contributed by atoms with Crippen LogP contribution in [0.2, 0.25) is 0 Å². The molecule has 0 radical (unpaired) electrons. The van der Waals surface area contributed by atoms with E-state index in [9.17, 15) is 23.6 Å². The fraction of sp³-hybridized carbons (Fsp3) is 0.500. The first-order chi connectivity index (χ1) is 18.0. The molecule has 0 unspecified atom stereocenters. The van der Waals surface area contributed by atoms with Crippen molar-refractivity contribution in [2.45, 2.75) is 64.0 Å². The van der Waals surface area contributed by atoms with Gasteiger partial charge in [-0.1, -0.05) is 6.07 Å². The number of aryl methyl sites for hydroxylation is 2. The highest BCUT2D eigenvalue weighted by molar-refractivity contribution is 7.10. The molecular weight excluding hydrogens is 533 g/mol. The summed E-state index contributed by atoms with van der Waals surface area (Å²) in [5.74, 6) is -5.27. The molecule has 3 heterocycles. The number of carboxylic acid groups (broad SMARTS) is 3. The SMILES string of the molecule is Cc1ccc(C(C)(C)N2CC[C@@](CCc3ccc(F)s3)(C(N)=O)C2)cn1.O=C(O)CC(O)(CC(=O)O)C(=O)O. The summed E-state index contributed by atoms with van der Waals surface area (Å²) in [7, 11) is 0. The van der Waals surface area contributed by atoms with E-state index in [0.29, 0.717) is 19.4 Å². The Morgan fingerprint density at radius 2 is 1.72 bits per heavy atom. The third-order valence-corrected chi connectivity index (χ3v) is 7.98. The summed E-state index contributed by atoms with van der Waals surface area (Å²) in [6, 6.07) is 7.38. The predicted octanol–water partition coefficient (Wildman–Crippen LogP) is 2.39. The maximum atomic E-state index is 13.2. The average Bonchev–Trinajstić information content (AvgIpc) is 3.45. The fourth-order valence-electron chi connectivity index (χ4n) is 4.45. The second-order valence-corrected chi connectivity index (χ2v) is 11.4. The van der Waals surface area contributed by atoms with Gasteiger partial charge in [0.05, 0.1) is 18.3 Å². The van der Waals surface area contributed by atoms with Crippen LogP contribution in [-0.4, -0.2) is 72.8 Å². The number of nitrogens with two attached hydrogens (primary N) is 1. The van der Waals surface area contributed by atoms with Crippen LogP contribution in [0.5, 0.6) is 0 Å². The van der Waals surface area contributed by atoms with Crippen LogP contribution in [0.25, 0.3) is 0 Å². The molecule has 214 valence electrons. The van der Waals surface area contributed by atoms with E-state index >= 15 is 0 Å². The number of aromatic nitrogens is 1. The second kappa shape index (κ2) is 12.6. The largest absolute Gasteiger partial charge is 0.481 e. The van der Waals surface area contributed by atoms with Crippen LogP contribution < -0.4 is 5.73 Å². The zero-order valence-corrected chi connectivity index (χ0v) is 22.8. The van der Waals surface area contributed by atoms with E-state index in [0.717, 1.165) is 40.4 Å². The summed E-state index contributed by atoms with van der Waals surface area (Å²) in [5, 5.41) is 33.6. The average molecular weight is 568 g/mol. The Labute approximate surface area is 229 Å². The highest BCUT2D eigenvalue weighted by atomic mass is 32.1. The number of carbonyl (C=O) groups excluding carboxylic acids is 1. The number of primary amides is 1. The Balaban J connectivity index is 0.000000349. The summed E-state index contributed by atoms with van der Waals surface area (Å²) in [6.07, 6.45) is 1.69. The summed E-state index contributed by atoms with van der Waals surface area (Å²) in [6.45, 7) is 7.72. The molecule has 39 heavy (non-hydrogen) atoms. The molecule has 1 amide bonds. The van der Waals surface area contributed by atoms with Gasteiger partial charge in [-0.2, -0.15) is 4.39 Å². The van der Waals surface area contributed by atoms with Gasteiger partial charge in [-0.3, -0.25) is 24.3 Å². The van der Waals surface area contributed by atoms with E-state index in [1.807, 2.05) is 19.2 Å². The molecule has 2 aromatic rings. The molecule has 0 aliphatic carbocycles. The van der Waals surface area contributed by atoms with Crippen molar-refractivity contribution in [2.75, 3.05) is 13.1 Å². The number of rotatable bonds is 11. The van der Waals surface area contributed by atoms with E-state index in [4.69, 9.17) is 26.2 Å². The van der Waals surface area contributed by atoms with Crippen molar-refractivity contribution in [3.05, 3.63) is 51.7 Å². The lowest BCUT2D eigenvalue weighted by Crippen LogP contribution is -2.45. The minimum atomic E-state index is -2.74. The third kappa shape index (κ3) is 8.28. The van der Waals surface area contributed by atoms with E-state index < -0.39 is 41.8 Å². The molecular formula is C26H34FN3O8S. The molecule has 0 saturated carbocycles. The zero-order valence-electron chi connectivity index (χ0n) is 22.0. The number of aliphatic carboxylic acids is 3. The molecule has 2 aromatic heterocycles. The van der Waals surface area contributed by atoms with E-state index in [1.54, 1.807) is 6.07 Å². The molecule has 11 nitrogen and oxygen atoms in total. The fourth-order valence-corrected chi connectivity index (χ4v) is 5.18. The van der Waals surface area contributed by atoms with E-state index in [-0.39, 0.29) is 16.6 Å². The molecule has 0 bridgehead atoms. The third-order valence-electron chi connectivity index (χ3n) is 7.05. The van der Waals surface area contributed by atoms with Gasteiger partial charge in [-0.25, -0.2) is 4.79 Å². The first-order valence-corrected chi connectivity index (χ1v) is 12.9. The van der Waals surface area contributed by atoms with E-state index in [2.05, 4.69) is 29.8 Å². The van der Waals surface area contributed by atoms with Crippen LogP contribution in [0.15, 0.2) is 30.5 Å². The minimum absolute atomic E-state index is 0.186. The van der Waals surface area contributed by atoms with Crippen molar-refractivity contribution in [3.63, 3.8) is 0 Å². The maximum absolute atomic E-state index is 13.2. The summed E-state index contributed by atoms with van der Waals surface area (Å²) in [5.41, 5.74) is 4.41. The van der Waals surface area contributed by atoms with Gasteiger partial charge in [0.1, 0.15) is 0 Å². The van der Waals surface area contributed by atoms with Gasteiger partial charge in [0.15, 0.2) is 10.7 Å². The standard InChI is InChI=1S/C20H26FN3OS.C6H8O7/c1-14-4-5-15(12-23-14)19(2,3)24-11-10-20(13-24,18(22)25)9-8-16-6-7-17(21)26-16;7-3(8)1-6(13,5(11)12)2-4(9)10/h4-7,12H,8-11,13H2,1-3H3,(H2,22,25);13H,1-2H2,(H,7,8)(H,9,10)(H,11,12)/t20-;/m1./s1. The predicted molar refractivity (Wildman–Crippen MR) is 140 cm³/mol. The molecule has 1 saturated heterocycles. The first kappa shape index (κ1) is 31.8. The van der Waals surface area contributed by atoms with Crippen LogP contribution in [0.3, 0.4) is 0 Å². The Hall–Kier alpha value is -3.42.